The van der Waals surface area contributed by atoms with E-state index in [0.29, 0.717) is 5.92 Å². The highest BCUT2D eigenvalue weighted by molar-refractivity contribution is 5.81. The number of hydrogen-bond donors (Lipinski definition) is 0. The lowest BCUT2D eigenvalue weighted by Crippen LogP contribution is -2.46. The number of fused-ring (bicyclic) bond motifs is 1. The minimum atomic E-state index is 0.0846. The van der Waals surface area contributed by atoms with Crippen molar-refractivity contribution in [2.24, 2.45) is 5.92 Å². The fourth-order valence-corrected chi connectivity index (χ4v) is 4.00. The van der Waals surface area contributed by atoms with Crippen molar-refractivity contribution in [3.8, 4) is 0 Å². The summed E-state index contributed by atoms with van der Waals surface area (Å²) >= 11 is 0. The molecule has 0 unspecified atom stereocenters. The molecule has 144 valence electrons. The molecule has 1 aromatic carbocycles. The van der Waals surface area contributed by atoms with E-state index in [0.717, 1.165) is 55.0 Å². The molecule has 0 bridgehead atoms. The zero-order chi connectivity index (χ0) is 19.1. The lowest BCUT2D eigenvalue weighted by atomic mass is 10.2. The summed E-state index contributed by atoms with van der Waals surface area (Å²) < 4.78 is 1.77. The molecule has 0 spiro atoms. The van der Waals surface area contributed by atoms with E-state index in [1.165, 1.54) is 18.5 Å². The molecule has 1 aliphatic heterocycles. The van der Waals surface area contributed by atoms with E-state index in [1.807, 2.05) is 19.2 Å². The molecule has 3 heterocycles. The molecule has 0 N–H and O–H groups in total. The van der Waals surface area contributed by atoms with E-state index in [9.17, 15) is 4.79 Å². The number of aromatic nitrogens is 3. The van der Waals surface area contributed by atoms with Crippen LogP contribution in [0.2, 0.25) is 0 Å². The Morgan fingerprint density at radius 3 is 2.36 bits per heavy atom. The Kier molecular flexibility index (Phi) is 4.26. The molecule has 2 aromatic heterocycles. The highest BCUT2D eigenvalue weighted by atomic mass is 16.1. The number of rotatable bonds is 4. The maximum absolute atomic E-state index is 12.7. The van der Waals surface area contributed by atoms with E-state index in [2.05, 4.69) is 44.0 Å². The monoisotopic (exact) mass is 375 g/mol. The van der Waals surface area contributed by atoms with Crippen molar-refractivity contribution in [1.29, 1.82) is 0 Å². The summed E-state index contributed by atoms with van der Waals surface area (Å²) in [6, 6.07) is 10.3. The molecule has 0 atom stereocenters. The molecular weight excluding hydrogens is 350 g/mol. The second kappa shape index (κ2) is 6.93. The Balaban J connectivity index is 1.33. The van der Waals surface area contributed by atoms with Crippen LogP contribution in [0.1, 0.15) is 18.5 Å². The molecule has 3 aromatic rings. The number of anilines is 2. The summed E-state index contributed by atoms with van der Waals surface area (Å²) in [4.78, 5) is 26.3. The molecule has 2 aliphatic rings. The van der Waals surface area contributed by atoms with Gasteiger partial charge in [0.25, 0.3) is 5.56 Å². The van der Waals surface area contributed by atoms with Crippen LogP contribution in [0, 0.1) is 12.8 Å². The Labute approximate surface area is 164 Å². The summed E-state index contributed by atoms with van der Waals surface area (Å²) in [5.74, 6) is 0.664. The standard InChI is InChI=1S/C22H25N5O/c1-16-12-19(6-7-23-16)26-10-8-25(9-11-26)18-4-5-20-21(13-18)24-15-27(22(20)28)14-17-2-3-17/h4-7,12-13,15,17H,2-3,8-11,14H2,1H3. The topological polar surface area (TPSA) is 54.3 Å². The summed E-state index contributed by atoms with van der Waals surface area (Å²) in [6.45, 7) is 6.67. The van der Waals surface area contributed by atoms with E-state index < -0.39 is 0 Å². The Morgan fingerprint density at radius 2 is 1.68 bits per heavy atom. The van der Waals surface area contributed by atoms with Crippen molar-refractivity contribution in [2.45, 2.75) is 26.3 Å². The third-order valence-corrected chi connectivity index (χ3v) is 5.85. The van der Waals surface area contributed by atoms with Gasteiger partial charge in [0.05, 0.1) is 17.2 Å². The third-order valence-electron chi connectivity index (χ3n) is 5.85. The van der Waals surface area contributed by atoms with Gasteiger partial charge in [0.2, 0.25) is 0 Å². The molecule has 1 saturated heterocycles. The smallest absolute Gasteiger partial charge is 0.261 e. The van der Waals surface area contributed by atoms with Crippen molar-refractivity contribution in [1.82, 2.24) is 14.5 Å². The first-order valence-corrected chi connectivity index (χ1v) is 10.1. The van der Waals surface area contributed by atoms with Gasteiger partial charge in [-0.1, -0.05) is 0 Å². The lowest BCUT2D eigenvalue weighted by Gasteiger charge is -2.37. The summed E-state index contributed by atoms with van der Waals surface area (Å²) in [6.07, 6.45) is 6.06. The SMILES string of the molecule is Cc1cc(N2CCN(c3ccc4c(=O)n(CC5CC5)cnc4c3)CC2)ccn1. The van der Waals surface area contributed by atoms with Crippen LogP contribution in [0.25, 0.3) is 10.9 Å². The second-order valence-corrected chi connectivity index (χ2v) is 7.98. The predicted molar refractivity (Wildman–Crippen MR) is 112 cm³/mol. The van der Waals surface area contributed by atoms with Crippen molar-refractivity contribution in [2.75, 3.05) is 36.0 Å². The first-order chi connectivity index (χ1) is 13.7. The van der Waals surface area contributed by atoms with Gasteiger partial charge in [-0.05, 0) is 56.0 Å². The van der Waals surface area contributed by atoms with E-state index in [4.69, 9.17) is 0 Å². The summed E-state index contributed by atoms with van der Waals surface area (Å²) in [5.41, 5.74) is 4.31. The predicted octanol–water partition coefficient (Wildman–Crippen LogP) is 2.84. The number of piperazine rings is 1. The molecule has 0 amide bonds. The van der Waals surface area contributed by atoms with Crippen LogP contribution in [0.4, 0.5) is 11.4 Å². The van der Waals surface area contributed by atoms with Gasteiger partial charge < -0.3 is 9.80 Å². The number of benzene rings is 1. The van der Waals surface area contributed by atoms with Crippen molar-refractivity contribution in [3.05, 3.63) is 58.9 Å². The fraction of sp³-hybridized carbons (Fsp3) is 0.409. The van der Waals surface area contributed by atoms with E-state index in [1.54, 1.807) is 10.9 Å². The maximum atomic E-state index is 12.7. The van der Waals surface area contributed by atoms with Crippen LogP contribution in [-0.2, 0) is 6.54 Å². The maximum Gasteiger partial charge on any atom is 0.261 e. The fourth-order valence-electron chi connectivity index (χ4n) is 4.00. The quantitative estimate of drug-likeness (QED) is 0.702. The molecule has 5 rings (SSSR count). The van der Waals surface area contributed by atoms with Crippen molar-refractivity contribution >= 4 is 22.3 Å². The molecule has 6 nitrogen and oxygen atoms in total. The number of aryl methyl sites for hydroxylation is 1. The number of hydrogen-bond acceptors (Lipinski definition) is 5. The van der Waals surface area contributed by atoms with Gasteiger partial charge in [-0.25, -0.2) is 4.98 Å². The van der Waals surface area contributed by atoms with Crippen LogP contribution >= 0.6 is 0 Å². The number of pyridine rings is 1. The zero-order valence-corrected chi connectivity index (χ0v) is 16.2. The minimum absolute atomic E-state index is 0.0846. The molecular formula is C22H25N5O. The van der Waals surface area contributed by atoms with Crippen molar-refractivity contribution in [3.63, 3.8) is 0 Å². The normalized spacial score (nSPS) is 17.3. The highest BCUT2D eigenvalue weighted by Crippen LogP contribution is 2.30. The zero-order valence-electron chi connectivity index (χ0n) is 16.2. The van der Waals surface area contributed by atoms with Gasteiger partial charge >= 0.3 is 0 Å². The first kappa shape index (κ1) is 17.2. The molecule has 28 heavy (non-hydrogen) atoms. The van der Waals surface area contributed by atoms with Gasteiger partial charge in [0, 0.05) is 56.0 Å². The van der Waals surface area contributed by atoms with Gasteiger partial charge in [0.15, 0.2) is 0 Å². The van der Waals surface area contributed by atoms with Crippen LogP contribution in [0.3, 0.4) is 0 Å². The van der Waals surface area contributed by atoms with Crippen LogP contribution in [-0.4, -0.2) is 40.7 Å². The molecule has 6 heteroatoms. The minimum Gasteiger partial charge on any atom is -0.368 e. The molecule has 1 saturated carbocycles. The van der Waals surface area contributed by atoms with Gasteiger partial charge in [0.1, 0.15) is 0 Å². The van der Waals surface area contributed by atoms with Gasteiger partial charge in [-0.2, -0.15) is 0 Å². The highest BCUT2D eigenvalue weighted by Gasteiger charge is 2.23. The van der Waals surface area contributed by atoms with Gasteiger partial charge in [-0.15, -0.1) is 0 Å². The molecule has 0 radical (unpaired) electrons. The Bertz CT molecular complexity index is 1060. The molecule has 1 aliphatic carbocycles. The van der Waals surface area contributed by atoms with E-state index in [-0.39, 0.29) is 5.56 Å². The second-order valence-electron chi connectivity index (χ2n) is 7.98. The largest absolute Gasteiger partial charge is 0.368 e. The van der Waals surface area contributed by atoms with Crippen LogP contribution in [0.5, 0.6) is 0 Å². The van der Waals surface area contributed by atoms with Crippen LogP contribution in [0.15, 0.2) is 47.7 Å². The number of nitrogens with zero attached hydrogens (tertiary/aromatic N) is 5. The van der Waals surface area contributed by atoms with Gasteiger partial charge in [-0.3, -0.25) is 14.3 Å². The Morgan fingerprint density at radius 1 is 0.964 bits per heavy atom. The van der Waals surface area contributed by atoms with Crippen LogP contribution < -0.4 is 15.4 Å². The Hall–Kier alpha value is -2.89. The summed E-state index contributed by atoms with van der Waals surface area (Å²) in [7, 11) is 0. The average molecular weight is 375 g/mol. The molecule has 2 fully saturated rings. The first-order valence-electron chi connectivity index (χ1n) is 10.1. The van der Waals surface area contributed by atoms with Crippen molar-refractivity contribution < 1.29 is 0 Å². The summed E-state index contributed by atoms with van der Waals surface area (Å²) in [5, 5.41) is 0.720. The van der Waals surface area contributed by atoms with E-state index >= 15 is 0 Å². The third kappa shape index (κ3) is 3.35. The average Bonchev–Trinajstić information content (AvgIpc) is 3.54. The lowest BCUT2D eigenvalue weighted by molar-refractivity contribution is 0.602.